The van der Waals surface area contributed by atoms with Gasteiger partial charge in [-0.05, 0) is 36.8 Å². The first-order chi connectivity index (χ1) is 12.8. The van der Waals surface area contributed by atoms with E-state index in [1.165, 1.54) is 5.56 Å². The first kappa shape index (κ1) is 17.6. The van der Waals surface area contributed by atoms with E-state index in [1.54, 1.807) is 18.5 Å². The Morgan fingerprint density at radius 1 is 1.00 bits per heavy atom. The molecule has 1 amide bonds. The van der Waals surface area contributed by atoms with Crippen molar-refractivity contribution in [2.75, 3.05) is 11.4 Å². The van der Waals surface area contributed by atoms with Crippen molar-refractivity contribution in [3.8, 4) is 0 Å². The fourth-order valence-electron chi connectivity index (χ4n) is 2.66. The molecule has 0 radical (unpaired) electrons. The Morgan fingerprint density at radius 2 is 1.81 bits per heavy atom. The minimum atomic E-state index is -0.201. The first-order valence-electron chi connectivity index (χ1n) is 8.69. The molecule has 0 saturated heterocycles. The molecule has 0 spiro atoms. The zero-order valence-corrected chi connectivity index (χ0v) is 14.8. The summed E-state index contributed by atoms with van der Waals surface area (Å²) in [7, 11) is 0. The molecule has 3 aromatic rings. The van der Waals surface area contributed by atoms with Crippen LogP contribution in [0.25, 0.3) is 0 Å². The molecule has 132 valence electrons. The van der Waals surface area contributed by atoms with E-state index in [0.29, 0.717) is 12.2 Å². The smallest absolute Gasteiger partial charge is 0.270 e. The molecule has 1 N–H and O–H groups in total. The van der Waals surface area contributed by atoms with Gasteiger partial charge in [-0.3, -0.25) is 9.78 Å². The Labute approximate surface area is 153 Å². The van der Waals surface area contributed by atoms with Crippen LogP contribution < -0.4 is 10.2 Å². The van der Waals surface area contributed by atoms with Crippen LogP contribution in [0.4, 0.5) is 5.69 Å². The van der Waals surface area contributed by atoms with Gasteiger partial charge >= 0.3 is 0 Å². The van der Waals surface area contributed by atoms with Crippen LogP contribution in [0, 0.1) is 0 Å². The summed E-state index contributed by atoms with van der Waals surface area (Å²) in [4.78, 5) is 23.0. The van der Waals surface area contributed by atoms with Gasteiger partial charge in [-0.15, -0.1) is 0 Å². The molecule has 5 heteroatoms. The highest BCUT2D eigenvalue weighted by atomic mass is 16.1. The number of carbonyl (C=O) groups is 1. The lowest BCUT2D eigenvalue weighted by atomic mass is 10.2. The third-order valence-electron chi connectivity index (χ3n) is 4.10. The molecule has 0 saturated carbocycles. The quantitative estimate of drug-likeness (QED) is 0.712. The van der Waals surface area contributed by atoms with Crippen molar-refractivity contribution in [1.29, 1.82) is 0 Å². The Bertz CT molecular complexity index is 820. The second kappa shape index (κ2) is 8.76. The summed E-state index contributed by atoms with van der Waals surface area (Å²) >= 11 is 0. The normalized spacial score (nSPS) is 10.3. The van der Waals surface area contributed by atoms with Crippen LogP contribution in [0.2, 0.25) is 0 Å². The topological polar surface area (TPSA) is 58.1 Å². The number of benzene rings is 1. The average molecular weight is 346 g/mol. The standard InChI is InChI=1S/C21H22N4O/c1-2-25(16-17-8-4-3-5-9-17)19-11-12-20(23-15-19)21(26)24-14-18-10-6-7-13-22-18/h3-13,15H,2,14,16H2,1H3,(H,24,26). The molecule has 0 aliphatic rings. The van der Waals surface area contributed by atoms with E-state index in [0.717, 1.165) is 24.5 Å². The van der Waals surface area contributed by atoms with Crippen LogP contribution in [0.5, 0.6) is 0 Å². The van der Waals surface area contributed by atoms with E-state index in [9.17, 15) is 4.79 Å². The van der Waals surface area contributed by atoms with Crippen molar-refractivity contribution in [3.63, 3.8) is 0 Å². The number of nitrogens with zero attached hydrogens (tertiary/aromatic N) is 3. The lowest BCUT2D eigenvalue weighted by Gasteiger charge is -2.23. The van der Waals surface area contributed by atoms with Crippen molar-refractivity contribution >= 4 is 11.6 Å². The summed E-state index contributed by atoms with van der Waals surface area (Å²) in [6.45, 7) is 4.17. The Morgan fingerprint density at radius 3 is 2.46 bits per heavy atom. The molecule has 0 unspecified atom stereocenters. The lowest BCUT2D eigenvalue weighted by Crippen LogP contribution is -2.25. The lowest BCUT2D eigenvalue weighted by molar-refractivity contribution is 0.0945. The third-order valence-corrected chi connectivity index (χ3v) is 4.10. The Hall–Kier alpha value is -3.21. The van der Waals surface area contributed by atoms with E-state index < -0.39 is 0 Å². The summed E-state index contributed by atoms with van der Waals surface area (Å²) in [6.07, 6.45) is 3.46. The number of rotatable bonds is 7. The molecule has 2 aromatic heterocycles. The van der Waals surface area contributed by atoms with Gasteiger partial charge < -0.3 is 10.2 Å². The maximum absolute atomic E-state index is 12.2. The van der Waals surface area contributed by atoms with Gasteiger partial charge in [0, 0.05) is 19.3 Å². The number of amides is 1. The monoisotopic (exact) mass is 346 g/mol. The molecule has 26 heavy (non-hydrogen) atoms. The van der Waals surface area contributed by atoms with Crippen LogP contribution in [-0.2, 0) is 13.1 Å². The summed E-state index contributed by atoms with van der Waals surface area (Å²) in [6, 6.07) is 19.6. The molecular formula is C21H22N4O. The minimum Gasteiger partial charge on any atom is -0.366 e. The summed E-state index contributed by atoms with van der Waals surface area (Å²) in [5, 5.41) is 2.84. The second-order valence-corrected chi connectivity index (χ2v) is 5.91. The molecular weight excluding hydrogens is 324 g/mol. The molecule has 2 heterocycles. The van der Waals surface area contributed by atoms with Crippen molar-refractivity contribution in [1.82, 2.24) is 15.3 Å². The van der Waals surface area contributed by atoms with Crippen molar-refractivity contribution in [2.45, 2.75) is 20.0 Å². The highest BCUT2D eigenvalue weighted by Crippen LogP contribution is 2.16. The van der Waals surface area contributed by atoms with Crippen molar-refractivity contribution < 1.29 is 4.79 Å². The van der Waals surface area contributed by atoms with E-state index in [1.807, 2.05) is 42.5 Å². The maximum Gasteiger partial charge on any atom is 0.270 e. The Kier molecular flexibility index (Phi) is 5.93. The van der Waals surface area contributed by atoms with Gasteiger partial charge in [0.2, 0.25) is 0 Å². The van der Waals surface area contributed by atoms with Gasteiger partial charge in [0.15, 0.2) is 0 Å². The van der Waals surface area contributed by atoms with E-state index in [4.69, 9.17) is 0 Å². The zero-order chi connectivity index (χ0) is 18.2. The summed E-state index contributed by atoms with van der Waals surface area (Å²) in [5.74, 6) is -0.201. The van der Waals surface area contributed by atoms with Gasteiger partial charge in [-0.25, -0.2) is 4.98 Å². The summed E-state index contributed by atoms with van der Waals surface area (Å²) in [5.41, 5.74) is 3.46. The first-order valence-corrected chi connectivity index (χ1v) is 8.69. The molecule has 0 aliphatic heterocycles. The molecule has 0 bridgehead atoms. The molecule has 0 atom stereocenters. The van der Waals surface area contributed by atoms with Crippen LogP contribution in [0.1, 0.15) is 28.7 Å². The number of hydrogen-bond donors (Lipinski definition) is 1. The Balaban J connectivity index is 1.62. The highest BCUT2D eigenvalue weighted by Gasteiger charge is 2.10. The number of pyridine rings is 2. The predicted octanol–water partition coefficient (Wildman–Crippen LogP) is 3.43. The van der Waals surface area contributed by atoms with Gasteiger partial charge in [0.05, 0.1) is 24.1 Å². The second-order valence-electron chi connectivity index (χ2n) is 5.91. The van der Waals surface area contributed by atoms with Crippen LogP contribution in [0.3, 0.4) is 0 Å². The molecule has 0 aliphatic carbocycles. The predicted molar refractivity (Wildman–Crippen MR) is 103 cm³/mol. The molecule has 3 rings (SSSR count). The van der Waals surface area contributed by atoms with Crippen LogP contribution in [-0.4, -0.2) is 22.4 Å². The van der Waals surface area contributed by atoms with Crippen molar-refractivity contribution in [2.24, 2.45) is 0 Å². The van der Waals surface area contributed by atoms with Gasteiger partial charge in [-0.1, -0.05) is 36.4 Å². The average Bonchev–Trinajstić information content (AvgIpc) is 2.72. The number of nitrogens with one attached hydrogen (secondary N) is 1. The van der Waals surface area contributed by atoms with Gasteiger partial charge in [0.25, 0.3) is 5.91 Å². The minimum absolute atomic E-state index is 0.201. The maximum atomic E-state index is 12.2. The number of hydrogen-bond acceptors (Lipinski definition) is 4. The van der Waals surface area contributed by atoms with E-state index in [2.05, 4.69) is 39.2 Å². The van der Waals surface area contributed by atoms with Crippen LogP contribution >= 0.6 is 0 Å². The largest absolute Gasteiger partial charge is 0.366 e. The fraction of sp³-hybridized carbons (Fsp3) is 0.190. The highest BCUT2D eigenvalue weighted by molar-refractivity contribution is 5.92. The van der Waals surface area contributed by atoms with E-state index in [-0.39, 0.29) is 5.91 Å². The SMILES string of the molecule is CCN(Cc1ccccc1)c1ccc(C(=O)NCc2ccccn2)nc1. The molecule has 1 aromatic carbocycles. The number of anilines is 1. The third kappa shape index (κ3) is 4.66. The van der Waals surface area contributed by atoms with Gasteiger partial charge in [0.1, 0.15) is 5.69 Å². The van der Waals surface area contributed by atoms with Gasteiger partial charge in [-0.2, -0.15) is 0 Å². The van der Waals surface area contributed by atoms with Crippen LogP contribution in [0.15, 0.2) is 73.1 Å². The van der Waals surface area contributed by atoms with Crippen molar-refractivity contribution in [3.05, 3.63) is 90.0 Å². The number of carbonyl (C=O) groups excluding carboxylic acids is 1. The number of aromatic nitrogens is 2. The fourth-order valence-corrected chi connectivity index (χ4v) is 2.66. The van der Waals surface area contributed by atoms with E-state index >= 15 is 0 Å². The summed E-state index contributed by atoms with van der Waals surface area (Å²) < 4.78 is 0. The molecule has 5 nitrogen and oxygen atoms in total. The molecule has 0 fully saturated rings. The zero-order valence-electron chi connectivity index (χ0n) is 14.8.